The summed E-state index contributed by atoms with van der Waals surface area (Å²) >= 11 is 0. The van der Waals surface area contributed by atoms with Crippen LogP contribution in [0, 0.1) is 0 Å². The Morgan fingerprint density at radius 1 is 1.53 bits per heavy atom. The number of rotatable bonds is 4. The van der Waals surface area contributed by atoms with E-state index in [0.717, 1.165) is 25.2 Å². The first kappa shape index (κ1) is 14.1. The lowest BCUT2D eigenvalue weighted by atomic mass is 9.93. The smallest absolute Gasteiger partial charge is 0.373 e. The zero-order chi connectivity index (χ0) is 13.9. The molecule has 19 heavy (non-hydrogen) atoms. The van der Waals surface area contributed by atoms with Gasteiger partial charge in [-0.05, 0) is 38.8 Å². The summed E-state index contributed by atoms with van der Waals surface area (Å²) in [7, 11) is 1.34. The van der Waals surface area contributed by atoms with Crippen molar-refractivity contribution in [3.63, 3.8) is 0 Å². The molecule has 2 rings (SSSR count). The number of esters is 1. The number of hydrogen-bond donors (Lipinski definition) is 1. The van der Waals surface area contributed by atoms with Crippen LogP contribution in [0.4, 0.5) is 0 Å². The summed E-state index contributed by atoms with van der Waals surface area (Å²) in [5.74, 6) is 0.508. The summed E-state index contributed by atoms with van der Waals surface area (Å²) in [6.07, 6.45) is 2.13. The van der Waals surface area contributed by atoms with Gasteiger partial charge in [0.1, 0.15) is 5.76 Å². The number of carbonyl (C=O) groups is 1. The van der Waals surface area contributed by atoms with Crippen LogP contribution in [-0.4, -0.2) is 31.8 Å². The van der Waals surface area contributed by atoms with Gasteiger partial charge in [0.25, 0.3) is 0 Å². The van der Waals surface area contributed by atoms with Gasteiger partial charge in [0.15, 0.2) is 0 Å². The third-order valence-electron chi connectivity index (χ3n) is 3.44. The Morgan fingerprint density at radius 2 is 2.32 bits per heavy atom. The van der Waals surface area contributed by atoms with Crippen LogP contribution >= 0.6 is 0 Å². The summed E-state index contributed by atoms with van der Waals surface area (Å²) in [4.78, 5) is 11.3. The van der Waals surface area contributed by atoms with Gasteiger partial charge in [-0.25, -0.2) is 4.79 Å². The summed E-state index contributed by atoms with van der Waals surface area (Å²) in [6.45, 7) is 5.69. The Hall–Kier alpha value is -1.33. The van der Waals surface area contributed by atoms with Crippen LogP contribution < -0.4 is 5.32 Å². The molecule has 1 aromatic rings. The van der Waals surface area contributed by atoms with Gasteiger partial charge in [-0.2, -0.15) is 0 Å². The van der Waals surface area contributed by atoms with Crippen LogP contribution in [0.5, 0.6) is 0 Å². The first-order valence-electron chi connectivity index (χ1n) is 6.57. The third kappa shape index (κ3) is 3.36. The average molecular weight is 267 g/mol. The van der Waals surface area contributed by atoms with Gasteiger partial charge in [-0.3, -0.25) is 5.32 Å². The standard InChI is InChI=1S/C14H21NO4/c1-10(15-14(2)7-4-8-18-9-14)11-5-6-12(19-11)13(16)17-3/h5-6,10,15H,4,7-9H2,1-3H3. The van der Waals surface area contributed by atoms with Crippen LogP contribution in [0.3, 0.4) is 0 Å². The minimum absolute atomic E-state index is 0.0186. The lowest BCUT2D eigenvalue weighted by Crippen LogP contribution is -2.49. The average Bonchev–Trinajstić information content (AvgIpc) is 2.88. The molecule has 1 aromatic heterocycles. The topological polar surface area (TPSA) is 60.7 Å². The SMILES string of the molecule is COC(=O)c1ccc(C(C)NC2(C)CCCOC2)o1. The van der Waals surface area contributed by atoms with Crippen molar-refractivity contribution < 1.29 is 18.7 Å². The van der Waals surface area contributed by atoms with Crippen LogP contribution in [0.2, 0.25) is 0 Å². The maximum absolute atomic E-state index is 11.3. The molecule has 0 aliphatic carbocycles. The van der Waals surface area contributed by atoms with Crippen LogP contribution in [0.25, 0.3) is 0 Å². The monoisotopic (exact) mass is 267 g/mol. The quantitative estimate of drug-likeness (QED) is 0.848. The Balaban J connectivity index is 2.01. The second-order valence-electron chi connectivity index (χ2n) is 5.28. The largest absolute Gasteiger partial charge is 0.463 e. The molecule has 0 amide bonds. The second-order valence-corrected chi connectivity index (χ2v) is 5.28. The predicted molar refractivity (Wildman–Crippen MR) is 70.1 cm³/mol. The number of methoxy groups -OCH3 is 1. The highest BCUT2D eigenvalue weighted by atomic mass is 16.5. The molecule has 1 saturated heterocycles. The fourth-order valence-electron chi connectivity index (χ4n) is 2.44. The fraction of sp³-hybridized carbons (Fsp3) is 0.643. The highest BCUT2D eigenvalue weighted by Gasteiger charge is 2.30. The van der Waals surface area contributed by atoms with Crippen molar-refractivity contribution in [3.8, 4) is 0 Å². The molecule has 0 aromatic carbocycles. The Kier molecular flexibility index (Phi) is 4.27. The summed E-state index contributed by atoms with van der Waals surface area (Å²) in [5.41, 5.74) is -0.0457. The van der Waals surface area contributed by atoms with Crippen molar-refractivity contribution in [2.75, 3.05) is 20.3 Å². The Morgan fingerprint density at radius 3 is 2.95 bits per heavy atom. The molecule has 1 aliphatic heterocycles. The molecule has 1 N–H and O–H groups in total. The normalized spacial score (nSPS) is 25.0. The molecule has 2 heterocycles. The third-order valence-corrected chi connectivity index (χ3v) is 3.44. The Bertz CT molecular complexity index is 434. The molecule has 5 heteroatoms. The zero-order valence-corrected chi connectivity index (χ0v) is 11.7. The van der Waals surface area contributed by atoms with Crippen molar-refractivity contribution >= 4 is 5.97 Å². The van der Waals surface area contributed by atoms with Gasteiger partial charge in [0.05, 0.1) is 19.8 Å². The van der Waals surface area contributed by atoms with Crippen LogP contribution in [0.1, 0.15) is 49.0 Å². The van der Waals surface area contributed by atoms with Crippen molar-refractivity contribution in [3.05, 3.63) is 23.7 Å². The number of furan rings is 1. The summed E-state index contributed by atoms with van der Waals surface area (Å²) < 4.78 is 15.6. The number of carbonyl (C=O) groups excluding carboxylic acids is 1. The minimum atomic E-state index is -0.453. The lowest BCUT2D eigenvalue weighted by molar-refractivity contribution is 0.0226. The number of hydrogen-bond acceptors (Lipinski definition) is 5. The van der Waals surface area contributed by atoms with Crippen molar-refractivity contribution in [1.82, 2.24) is 5.32 Å². The molecule has 1 fully saturated rings. The van der Waals surface area contributed by atoms with E-state index in [-0.39, 0.29) is 17.3 Å². The van der Waals surface area contributed by atoms with Crippen molar-refractivity contribution in [2.24, 2.45) is 0 Å². The molecular weight excluding hydrogens is 246 g/mol. The summed E-state index contributed by atoms with van der Waals surface area (Å²) in [5, 5.41) is 3.51. The molecule has 0 spiro atoms. The molecule has 106 valence electrons. The highest BCUT2D eigenvalue weighted by molar-refractivity contribution is 5.86. The fourth-order valence-corrected chi connectivity index (χ4v) is 2.44. The van der Waals surface area contributed by atoms with Gasteiger partial charge in [0.2, 0.25) is 5.76 Å². The van der Waals surface area contributed by atoms with E-state index in [0.29, 0.717) is 6.61 Å². The van der Waals surface area contributed by atoms with Crippen LogP contribution in [-0.2, 0) is 9.47 Å². The van der Waals surface area contributed by atoms with Crippen LogP contribution in [0.15, 0.2) is 16.5 Å². The van der Waals surface area contributed by atoms with E-state index in [1.807, 2.05) is 6.92 Å². The summed E-state index contributed by atoms with van der Waals surface area (Å²) in [6, 6.07) is 3.46. The van der Waals surface area contributed by atoms with Crippen molar-refractivity contribution in [2.45, 2.75) is 38.3 Å². The maximum atomic E-state index is 11.3. The van der Waals surface area contributed by atoms with E-state index in [2.05, 4.69) is 17.0 Å². The first-order valence-corrected chi connectivity index (χ1v) is 6.57. The number of ether oxygens (including phenoxy) is 2. The van der Waals surface area contributed by atoms with E-state index < -0.39 is 5.97 Å². The van der Waals surface area contributed by atoms with E-state index in [1.54, 1.807) is 12.1 Å². The first-order chi connectivity index (χ1) is 9.04. The van der Waals surface area contributed by atoms with Gasteiger partial charge < -0.3 is 13.9 Å². The molecule has 0 saturated carbocycles. The molecule has 0 bridgehead atoms. The molecule has 5 nitrogen and oxygen atoms in total. The van der Waals surface area contributed by atoms with E-state index in [1.165, 1.54) is 7.11 Å². The van der Waals surface area contributed by atoms with Crippen molar-refractivity contribution in [1.29, 1.82) is 0 Å². The molecule has 1 aliphatic rings. The molecular formula is C14H21NO4. The number of nitrogens with one attached hydrogen (secondary N) is 1. The van der Waals surface area contributed by atoms with E-state index in [9.17, 15) is 4.79 Å². The lowest BCUT2D eigenvalue weighted by Gasteiger charge is -2.36. The van der Waals surface area contributed by atoms with E-state index >= 15 is 0 Å². The maximum Gasteiger partial charge on any atom is 0.373 e. The molecule has 0 radical (unpaired) electrons. The molecule has 2 atom stereocenters. The van der Waals surface area contributed by atoms with Gasteiger partial charge in [0, 0.05) is 12.1 Å². The zero-order valence-electron chi connectivity index (χ0n) is 11.7. The minimum Gasteiger partial charge on any atom is -0.463 e. The highest BCUT2D eigenvalue weighted by Crippen LogP contribution is 2.24. The Labute approximate surface area is 113 Å². The van der Waals surface area contributed by atoms with Gasteiger partial charge in [-0.1, -0.05) is 0 Å². The second kappa shape index (κ2) is 5.75. The van der Waals surface area contributed by atoms with Gasteiger partial charge >= 0.3 is 5.97 Å². The molecule has 2 unspecified atom stereocenters. The predicted octanol–water partition coefficient (Wildman–Crippen LogP) is 2.29. The van der Waals surface area contributed by atoms with Gasteiger partial charge in [-0.15, -0.1) is 0 Å². The van der Waals surface area contributed by atoms with E-state index in [4.69, 9.17) is 9.15 Å².